The van der Waals surface area contributed by atoms with Crippen LogP contribution in [0.15, 0.2) is 10.5 Å². The highest BCUT2D eigenvalue weighted by Gasteiger charge is 2.36. The second kappa shape index (κ2) is 5.55. The van der Waals surface area contributed by atoms with E-state index in [2.05, 4.69) is 10.3 Å². The molecule has 0 aromatic carbocycles. The summed E-state index contributed by atoms with van der Waals surface area (Å²) in [4.78, 5) is 13.9. The summed E-state index contributed by atoms with van der Waals surface area (Å²) in [6.45, 7) is 4.41. The molecule has 1 aliphatic carbocycles. The Morgan fingerprint density at radius 3 is 3.20 bits per heavy atom. The number of nitrogen functional groups attached to an aromatic ring is 1. The van der Waals surface area contributed by atoms with Crippen LogP contribution in [0.25, 0.3) is 0 Å². The molecule has 0 radical (unpaired) electrons. The number of fused-ring (bicyclic) bond motifs is 1. The molecule has 1 saturated carbocycles. The van der Waals surface area contributed by atoms with Crippen molar-refractivity contribution in [2.45, 2.75) is 44.9 Å². The lowest BCUT2D eigenvalue weighted by Crippen LogP contribution is -2.47. The molecule has 0 spiro atoms. The number of amides is 1. The minimum absolute atomic E-state index is 0.274. The summed E-state index contributed by atoms with van der Waals surface area (Å²) >= 11 is 0. The van der Waals surface area contributed by atoms with Crippen LogP contribution >= 0.6 is 0 Å². The van der Waals surface area contributed by atoms with E-state index in [0.29, 0.717) is 12.1 Å². The average molecular weight is 279 g/mol. The minimum Gasteiger partial charge on any atom is -0.456 e. The number of hydrogen-bond acceptors (Lipinski definition) is 5. The topological polar surface area (TPSA) is 80.7 Å². The standard InChI is InChI=1S/C14H21N3O3/c1-9-10(7-13(20-9)14(18)16-15)8-17-5-6-19-12-4-2-3-11(12)17/h7,11-12H,2-6,8,15H2,1H3,(H,16,18). The van der Waals surface area contributed by atoms with E-state index in [1.807, 2.05) is 6.92 Å². The Morgan fingerprint density at radius 1 is 1.55 bits per heavy atom. The van der Waals surface area contributed by atoms with Gasteiger partial charge in [-0.25, -0.2) is 5.84 Å². The number of morpholine rings is 1. The molecule has 1 aliphatic heterocycles. The van der Waals surface area contributed by atoms with E-state index < -0.39 is 0 Å². The van der Waals surface area contributed by atoms with Crippen molar-refractivity contribution >= 4 is 5.91 Å². The van der Waals surface area contributed by atoms with Crippen molar-refractivity contribution in [3.8, 4) is 0 Å². The van der Waals surface area contributed by atoms with Crippen LogP contribution in [0.3, 0.4) is 0 Å². The van der Waals surface area contributed by atoms with Crippen molar-refractivity contribution in [1.82, 2.24) is 10.3 Å². The van der Waals surface area contributed by atoms with Crippen LogP contribution in [0.4, 0.5) is 0 Å². The zero-order chi connectivity index (χ0) is 14.1. The van der Waals surface area contributed by atoms with Crippen molar-refractivity contribution in [2.75, 3.05) is 13.2 Å². The first-order valence-corrected chi connectivity index (χ1v) is 7.15. The fourth-order valence-electron chi connectivity index (χ4n) is 3.28. The molecule has 3 rings (SSSR count). The Bertz CT molecular complexity index is 500. The summed E-state index contributed by atoms with van der Waals surface area (Å²) in [7, 11) is 0. The molecule has 1 aromatic heterocycles. The maximum Gasteiger partial charge on any atom is 0.300 e. The number of carbonyl (C=O) groups is 1. The number of nitrogens with one attached hydrogen (secondary N) is 1. The van der Waals surface area contributed by atoms with E-state index in [9.17, 15) is 4.79 Å². The van der Waals surface area contributed by atoms with Crippen LogP contribution in [0.5, 0.6) is 0 Å². The Labute approximate surface area is 118 Å². The lowest BCUT2D eigenvalue weighted by molar-refractivity contribution is -0.0589. The maximum atomic E-state index is 11.5. The van der Waals surface area contributed by atoms with Crippen LogP contribution in [-0.2, 0) is 11.3 Å². The Hall–Kier alpha value is -1.37. The van der Waals surface area contributed by atoms with Gasteiger partial charge in [0.15, 0.2) is 5.76 Å². The van der Waals surface area contributed by atoms with Crippen LogP contribution < -0.4 is 11.3 Å². The lowest BCUT2D eigenvalue weighted by Gasteiger charge is -2.37. The first kappa shape index (κ1) is 13.6. The average Bonchev–Trinajstić information content (AvgIpc) is 3.06. The van der Waals surface area contributed by atoms with Crippen LogP contribution in [-0.4, -0.2) is 36.1 Å². The zero-order valence-electron chi connectivity index (χ0n) is 11.7. The molecule has 6 heteroatoms. The third-order valence-electron chi connectivity index (χ3n) is 4.35. The molecule has 2 fully saturated rings. The number of hydrogen-bond donors (Lipinski definition) is 2. The van der Waals surface area contributed by atoms with Gasteiger partial charge in [-0.2, -0.15) is 0 Å². The molecule has 1 saturated heterocycles. The van der Waals surface area contributed by atoms with Gasteiger partial charge in [0.2, 0.25) is 0 Å². The highest BCUT2D eigenvalue weighted by Crippen LogP contribution is 2.31. The molecule has 0 bridgehead atoms. The van der Waals surface area contributed by atoms with Gasteiger partial charge in [0, 0.05) is 24.7 Å². The van der Waals surface area contributed by atoms with E-state index in [1.54, 1.807) is 6.07 Å². The van der Waals surface area contributed by atoms with E-state index in [0.717, 1.165) is 37.4 Å². The number of carbonyl (C=O) groups excluding carboxylic acids is 1. The van der Waals surface area contributed by atoms with Gasteiger partial charge < -0.3 is 9.15 Å². The van der Waals surface area contributed by atoms with Crippen molar-refractivity contribution in [3.05, 3.63) is 23.2 Å². The first-order valence-electron chi connectivity index (χ1n) is 7.15. The van der Waals surface area contributed by atoms with Crippen molar-refractivity contribution in [3.63, 3.8) is 0 Å². The molecular weight excluding hydrogens is 258 g/mol. The second-order valence-electron chi connectivity index (χ2n) is 5.54. The van der Waals surface area contributed by atoms with Crippen molar-refractivity contribution in [1.29, 1.82) is 0 Å². The van der Waals surface area contributed by atoms with Gasteiger partial charge in [0.1, 0.15) is 5.76 Å². The second-order valence-corrected chi connectivity index (χ2v) is 5.54. The molecule has 2 unspecified atom stereocenters. The van der Waals surface area contributed by atoms with E-state index in [4.69, 9.17) is 15.0 Å². The quantitative estimate of drug-likeness (QED) is 0.489. The number of furan rings is 1. The Morgan fingerprint density at radius 2 is 2.40 bits per heavy atom. The van der Waals surface area contributed by atoms with Gasteiger partial charge >= 0.3 is 5.91 Å². The molecule has 110 valence electrons. The number of nitrogens with two attached hydrogens (primary N) is 1. The Kier molecular flexibility index (Phi) is 3.78. The van der Waals surface area contributed by atoms with Gasteiger partial charge in [-0.3, -0.25) is 15.1 Å². The zero-order valence-corrected chi connectivity index (χ0v) is 11.7. The number of aryl methyl sites for hydroxylation is 1. The highest BCUT2D eigenvalue weighted by atomic mass is 16.5. The summed E-state index contributed by atoms with van der Waals surface area (Å²) in [5, 5.41) is 0. The highest BCUT2D eigenvalue weighted by molar-refractivity contribution is 5.91. The fourth-order valence-corrected chi connectivity index (χ4v) is 3.28. The third kappa shape index (κ3) is 2.46. The van der Waals surface area contributed by atoms with Gasteiger partial charge in [0.25, 0.3) is 0 Å². The smallest absolute Gasteiger partial charge is 0.300 e. The van der Waals surface area contributed by atoms with Gasteiger partial charge in [-0.1, -0.05) is 0 Å². The molecule has 2 heterocycles. The summed E-state index contributed by atoms with van der Waals surface area (Å²) in [5.74, 6) is 5.80. The third-order valence-corrected chi connectivity index (χ3v) is 4.35. The van der Waals surface area contributed by atoms with E-state index >= 15 is 0 Å². The van der Waals surface area contributed by atoms with E-state index in [-0.39, 0.29) is 11.7 Å². The molecule has 20 heavy (non-hydrogen) atoms. The van der Waals surface area contributed by atoms with E-state index in [1.165, 1.54) is 12.8 Å². The number of rotatable bonds is 3. The first-order chi connectivity index (χ1) is 9.69. The minimum atomic E-state index is -0.389. The monoisotopic (exact) mass is 279 g/mol. The summed E-state index contributed by atoms with van der Waals surface area (Å²) < 4.78 is 11.3. The molecule has 1 aromatic rings. The Balaban J connectivity index is 1.73. The molecular formula is C14H21N3O3. The largest absolute Gasteiger partial charge is 0.456 e. The number of hydrazine groups is 1. The summed E-state index contributed by atoms with van der Waals surface area (Å²) in [6.07, 6.45) is 3.96. The van der Waals surface area contributed by atoms with Crippen molar-refractivity contribution < 1.29 is 13.9 Å². The predicted octanol–water partition coefficient (Wildman–Crippen LogP) is 0.945. The predicted molar refractivity (Wildman–Crippen MR) is 72.9 cm³/mol. The van der Waals surface area contributed by atoms with Gasteiger partial charge in [-0.15, -0.1) is 0 Å². The molecule has 2 aliphatic rings. The summed E-state index contributed by atoms with van der Waals surface area (Å²) in [6, 6.07) is 2.29. The summed E-state index contributed by atoms with van der Waals surface area (Å²) in [5.41, 5.74) is 3.15. The van der Waals surface area contributed by atoms with Gasteiger partial charge in [-0.05, 0) is 32.3 Å². The van der Waals surface area contributed by atoms with Crippen molar-refractivity contribution in [2.24, 2.45) is 5.84 Å². The number of ether oxygens (including phenoxy) is 1. The lowest BCUT2D eigenvalue weighted by atomic mass is 10.1. The molecule has 6 nitrogen and oxygen atoms in total. The van der Waals surface area contributed by atoms with Crippen LogP contribution in [0.2, 0.25) is 0 Å². The van der Waals surface area contributed by atoms with Gasteiger partial charge in [0.05, 0.1) is 12.7 Å². The maximum absolute atomic E-state index is 11.5. The van der Waals surface area contributed by atoms with Crippen LogP contribution in [0, 0.1) is 6.92 Å². The normalized spacial score (nSPS) is 26.5. The van der Waals surface area contributed by atoms with Crippen LogP contribution in [0.1, 0.15) is 41.1 Å². The molecule has 2 atom stereocenters. The molecule has 3 N–H and O–H groups in total. The number of nitrogens with zero attached hydrogens (tertiary/aromatic N) is 1. The SMILES string of the molecule is Cc1oc(C(=O)NN)cc1CN1CCOC2CCCC21. The fraction of sp³-hybridized carbons (Fsp3) is 0.643. The molecule has 1 amide bonds.